The quantitative estimate of drug-likeness (QED) is 0.896. The summed E-state index contributed by atoms with van der Waals surface area (Å²) < 4.78 is 6.09. The van der Waals surface area contributed by atoms with E-state index in [0.29, 0.717) is 17.6 Å². The first-order chi connectivity index (χ1) is 9.81. The number of ether oxygens (including phenoxy) is 1. The highest BCUT2D eigenvalue weighted by molar-refractivity contribution is 5.47. The number of nitriles is 1. The fraction of sp³-hybridized carbons (Fsp3) is 0.667. The van der Waals surface area contributed by atoms with Gasteiger partial charge in [0.15, 0.2) is 11.5 Å². The van der Waals surface area contributed by atoms with E-state index in [1.54, 1.807) is 12.4 Å². The van der Waals surface area contributed by atoms with Crippen LogP contribution in [0.15, 0.2) is 12.4 Å². The van der Waals surface area contributed by atoms with Crippen molar-refractivity contribution in [3.63, 3.8) is 0 Å². The summed E-state index contributed by atoms with van der Waals surface area (Å²) >= 11 is 0. The molecule has 1 aromatic heterocycles. The Balaban J connectivity index is 1.70. The van der Waals surface area contributed by atoms with Crippen molar-refractivity contribution in [2.24, 2.45) is 0 Å². The molecule has 5 nitrogen and oxygen atoms in total. The van der Waals surface area contributed by atoms with Gasteiger partial charge >= 0.3 is 0 Å². The standard InChI is InChI=1S/C15H20N4O/c16-11-13-14(18-8-7-17-13)19-12-4-9-20-15(10-12)5-2-1-3-6-15/h7-8,12H,1-6,9-10H2,(H,18,19)/t12-/m1/s1. The second-order valence-corrected chi connectivity index (χ2v) is 5.79. The Kier molecular flexibility index (Phi) is 3.83. The molecule has 20 heavy (non-hydrogen) atoms. The van der Waals surface area contributed by atoms with Crippen molar-refractivity contribution < 1.29 is 4.74 Å². The number of hydrogen-bond acceptors (Lipinski definition) is 5. The zero-order valence-corrected chi connectivity index (χ0v) is 11.6. The number of nitrogens with zero attached hydrogens (tertiary/aromatic N) is 3. The molecule has 0 unspecified atom stereocenters. The molecule has 1 saturated carbocycles. The van der Waals surface area contributed by atoms with Crippen molar-refractivity contribution in [3.8, 4) is 6.07 Å². The molecule has 0 radical (unpaired) electrons. The monoisotopic (exact) mass is 272 g/mol. The predicted molar refractivity (Wildman–Crippen MR) is 75.2 cm³/mol. The van der Waals surface area contributed by atoms with Crippen LogP contribution in [0.1, 0.15) is 50.6 Å². The van der Waals surface area contributed by atoms with Gasteiger partial charge in [0.2, 0.25) is 0 Å². The minimum atomic E-state index is 0.0587. The van der Waals surface area contributed by atoms with Crippen LogP contribution >= 0.6 is 0 Å². The Labute approximate surface area is 119 Å². The van der Waals surface area contributed by atoms with E-state index >= 15 is 0 Å². The minimum absolute atomic E-state index is 0.0587. The van der Waals surface area contributed by atoms with Crippen LogP contribution in [0.5, 0.6) is 0 Å². The zero-order chi connectivity index (χ0) is 13.8. The van der Waals surface area contributed by atoms with Crippen LogP contribution in [-0.4, -0.2) is 28.2 Å². The van der Waals surface area contributed by atoms with Crippen LogP contribution in [0.2, 0.25) is 0 Å². The number of hydrogen-bond donors (Lipinski definition) is 1. The number of anilines is 1. The average molecular weight is 272 g/mol. The lowest BCUT2D eigenvalue weighted by Gasteiger charge is -2.43. The lowest BCUT2D eigenvalue weighted by molar-refractivity contribution is -0.103. The number of nitrogens with one attached hydrogen (secondary N) is 1. The molecule has 2 fully saturated rings. The predicted octanol–water partition coefficient (Wildman–Crippen LogP) is 2.64. The lowest BCUT2D eigenvalue weighted by Crippen LogP contribution is -2.45. The van der Waals surface area contributed by atoms with Crippen LogP contribution in [0.25, 0.3) is 0 Å². The SMILES string of the molecule is N#Cc1nccnc1N[C@@H]1CCOC2(CCCCC2)C1. The molecule has 1 saturated heterocycles. The van der Waals surface area contributed by atoms with Crippen LogP contribution in [0.4, 0.5) is 5.82 Å². The van der Waals surface area contributed by atoms with Crippen molar-refractivity contribution in [2.45, 2.75) is 56.6 Å². The summed E-state index contributed by atoms with van der Waals surface area (Å²) in [5.74, 6) is 0.604. The Bertz CT molecular complexity index is 499. The molecule has 1 atom stereocenters. The second kappa shape index (κ2) is 5.76. The van der Waals surface area contributed by atoms with E-state index < -0.39 is 0 Å². The molecule has 5 heteroatoms. The average Bonchev–Trinajstić information content (AvgIpc) is 2.49. The molecule has 1 aliphatic carbocycles. The van der Waals surface area contributed by atoms with Crippen LogP contribution in [0, 0.1) is 11.3 Å². The molecule has 1 aromatic rings. The van der Waals surface area contributed by atoms with E-state index in [1.165, 1.54) is 19.3 Å². The Morgan fingerprint density at radius 3 is 2.85 bits per heavy atom. The summed E-state index contributed by atoms with van der Waals surface area (Å²) in [4.78, 5) is 8.29. The molecule has 0 bridgehead atoms. The van der Waals surface area contributed by atoms with Crippen LogP contribution in [0.3, 0.4) is 0 Å². The first-order valence-corrected chi connectivity index (χ1v) is 7.43. The van der Waals surface area contributed by atoms with E-state index in [2.05, 4.69) is 21.4 Å². The first kappa shape index (κ1) is 13.3. The van der Waals surface area contributed by atoms with Gasteiger partial charge in [0, 0.05) is 25.0 Å². The first-order valence-electron chi connectivity index (χ1n) is 7.43. The zero-order valence-electron chi connectivity index (χ0n) is 11.6. The van der Waals surface area contributed by atoms with Gasteiger partial charge in [0.05, 0.1) is 5.60 Å². The number of rotatable bonds is 2. The molecule has 0 aromatic carbocycles. The van der Waals surface area contributed by atoms with Gasteiger partial charge in [-0.2, -0.15) is 5.26 Å². The summed E-state index contributed by atoms with van der Waals surface area (Å²) in [5.41, 5.74) is 0.431. The highest BCUT2D eigenvalue weighted by Crippen LogP contribution is 2.39. The minimum Gasteiger partial charge on any atom is -0.375 e. The van der Waals surface area contributed by atoms with Crippen LogP contribution in [-0.2, 0) is 4.74 Å². The summed E-state index contributed by atoms with van der Waals surface area (Å²) in [5, 5.41) is 12.5. The molecule has 2 heterocycles. The van der Waals surface area contributed by atoms with Gasteiger partial charge in [-0.25, -0.2) is 9.97 Å². The third-order valence-electron chi connectivity index (χ3n) is 4.40. The van der Waals surface area contributed by atoms with Gasteiger partial charge in [-0.15, -0.1) is 0 Å². The van der Waals surface area contributed by atoms with E-state index in [0.717, 1.165) is 32.3 Å². The second-order valence-electron chi connectivity index (χ2n) is 5.79. The van der Waals surface area contributed by atoms with Gasteiger partial charge in [0.1, 0.15) is 6.07 Å². The maximum Gasteiger partial charge on any atom is 0.182 e. The molecular weight excluding hydrogens is 252 g/mol. The Morgan fingerprint density at radius 2 is 2.05 bits per heavy atom. The summed E-state index contributed by atoms with van der Waals surface area (Å²) in [6.45, 7) is 0.791. The fourth-order valence-electron chi connectivity index (χ4n) is 3.41. The Hall–Kier alpha value is -1.67. The Morgan fingerprint density at radius 1 is 1.25 bits per heavy atom. The van der Waals surface area contributed by atoms with E-state index in [1.807, 2.05) is 0 Å². The van der Waals surface area contributed by atoms with E-state index in [4.69, 9.17) is 10.00 Å². The maximum atomic E-state index is 9.07. The van der Waals surface area contributed by atoms with Crippen molar-refractivity contribution in [1.29, 1.82) is 5.26 Å². The molecule has 3 rings (SSSR count). The van der Waals surface area contributed by atoms with Crippen molar-refractivity contribution in [3.05, 3.63) is 18.1 Å². The van der Waals surface area contributed by atoms with Gasteiger partial charge in [-0.1, -0.05) is 19.3 Å². The lowest BCUT2D eigenvalue weighted by atomic mass is 9.78. The molecule has 106 valence electrons. The highest BCUT2D eigenvalue weighted by atomic mass is 16.5. The number of aromatic nitrogens is 2. The molecule has 2 aliphatic rings. The fourth-order valence-corrected chi connectivity index (χ4v) is 3.41. The normalized spacial score (nSPS) is 25.1. The molecular formula is C15H20N4O. The topological polar surface area (TPSA) is 70.8 Å². The van der Waals surface area contributed by atoms with Gasteiger partial charge in [0.25, 0.3) is 0 Å². The van der Waals surface area contributed by atoms with Crippen molar-refractivity contribution >= 4 is 5.82 Å². The van der Waals surface area contributed by atoms with Crippen molar-refractivity contribution in [1.82, 2.24) is 9.97 Å². The summed E-state index contributed by atoms with van der Waals surface area (Å²) in [6.07, 6.45) is 11.3. The molecule has 0 amide bonds. The van der Waals surface area contributed by atoms with E-state index in [9.17, 15) is 0 Å². The maximum absolute atomic E-state index is 9.07. The largest absolute Gasteiger partial charge is 0.375 e. The summed E-state index contributed by atoms with van der Waals surface area (Å²) in [6, 6.07) is 2.41. The van der Waals surface area contributed by atoms with Gasteiger partial charge in [-0.3, -0.25) is 0 Å². The summed E-state index contributed by atoms with van der Waals surface area (Å²) in [7, 11) is 0. The molecule has 1 N–H and O–H groups in total. The molecule has 1 aliphatic heterocycles. The van der Waals surface area contributed by atoms with Gasteiger partial charge < -0.3 is 10.1 Å². The highest BCUT2D eigenvalue weighted by Gasteiger charge is 2.38. The third kappa shape index (κ3) is 2.75. The molecule has 1 spiro atoms. The van der Waals surface area contributed by atoms with Crippen LogP contribution < -0.4 is 5.32 Å². The van der Waals surface area contributed by atoms with Crippen molar-refractivity contribution in [2.75, 3.05) is 11.9 Å². The third-order valence-corrected chi connectivity index (χ3v) is 4.40. The van der Waals surface area contributed by atoms with Gasteiger partial charge in [-0.05, 0) is 25.7 Å². The van der Waals surface area contributed by atoms with E-state index in [-0.39, 0.29) is 5.60 Å². The smallest absolute Gasteiger partial charge is 0.182 e.